The zero-order chi connectivity index (χ0) is 17.3. The number of allylic oxidation sites excluding steroid dienone is 2. The van der Waals surface area contributed by atoms with E-state index in [9.17, 15) is 4.79 Å². The highest BCUT2D eigenvalue weighted by atomic mass is 35.5. The van der Waals surface area contributed by atoms with Gasteiger partial charge in [-0.2, -0.15) is 0 Å². The van der Waals surface area contributed by atoms with Crippen molar-refractivity contribution in [2.75, 3.05) is 7.11 Å². The number of benzene rings is 1. The van der Waals surface area contributed by atoms with Crippen LogP contribution in [-0.2, 0) is 16.0 Å². The summed E-state index contributed by atoms with van der Waals surface area (Å²) in [7, 11) is 1.57. The molecule has 0 saturated heterocycles. The van der Waals surface area contributed by atoms with Crippen molar-refractivity contribution in [2.45, 2.75) is 19.8 Å². The van der Waals surface area contributed by atoms with Gasteiger partial charge in [0.15, 0.2) is 5.78 Å². The topological polar surface area (TPSA) is 39.2 Å². The number of aromatic nitrogens is 1. The average Bonchev–Trinajstić information content (AvgIpc) is 2.84. The van der Waals surface area contributed by atoms with E-state index in [1.54, 1.807) is 13.3 Å². The number of Topliss-reactive ketones (excluding diaryl/α,β-unsaturated/α-hetero) is 1. The Kier molecular flexibility index (Phi) is 4.93. The van der Waals surface area contributed by atoms with Gasteiger partial charge in [0, 0.05) is 36.2 Å². The molecule has 0 N–H and O–H groups in total. The molecular weight excluding hydrogens is 345 g/mol. The van der Waals surface area contributed by atoms with Gasteiger partial charge in [0.1, 0.15) is 5.76 Å². The van der Waals surface area contributed by atoms with E-state index < -0.39 is 0 Å². The molecule has 1 aliphatic carbocycles. The zero-order valence-electron chi connectivity index (χ0n) is 13.5. The normalized spacial score (nSPS) is 17.5. The van der Waals surface area contributed by atoms with Crippen molar-refractivity contribution < 1.29 is 9.53 Å². The fraction of sp³-hybridized carbons (Fsp3) is 0.263. The van der Waals surface area contributed by atoms with Gasteiger partial charge >= 0.3 is 0 Å². The van der Waals surface area contributed by atoms with E-state index >= 15 is 0 Å². The Bertz CT molecular complexity index is 792. The van der Waals surface area contributed by atoms with Gasteiger partial charge in [0.2, 0.25) is 0 Å². The van der Waals surface area contributed by atoms with Crippen LogP contribution in [0.15, 0.2) is 42.3 Å². The van der Waals surface area contributed by atoms with Crippen LogP contribution in [0.1, 0.15) is 23.2 Å². The van der Waals surface area contributed by atoms with Crippen molar-refractivity contribution >= 4 is 34.6 Å². The molecule has 5 heteroatoms. The molecule has 0 aliphatic heterocycles. The number of aryl methyl sites for hydroxylation is 1. The number of hydrogen-bond donors (Lipinski definition) is 0. The smallest absolute Gasteiger partial charge is 0.170 e. The predicted molar refractivity (Wildman–Crippen MR) is 96.2 cm³/mol. The highest BCUT2D eigenvalue weighted by Gasteiger charge is 2.37. The van der Waals surface area contributed by atoms with E-state index in [2.05, 4.69) is 4.98 Å². The minimum atomic E-state index is -0.210. The molecular formula is C19H17Cl2NO2. The number of methoxy groups -OCH3 is 1. The molecule has 0 bridgehead atoms. The van der Waals surface area contributed by atoms with Crippen LogP contribution >= 0.6 is 23.2 Å². The lowest BCUT2D eigenvalue weighted by molar-refractivity contribution is -0.116. The fourth-order valence-corrected chi connectivity index (χ4v) is 3.87. The van der Waals surface area contributed by atoms with Crippen molar-refractivity contribution in [3.05, 3.63) is 69.2 Å². The summed E-state index contributed by atoms with van der Waals surface area (Å²) in [5, 5.41) is 0.938. The largest absolute Gasteiger partial charge is 0.500 e. The van der Waals surface area contributed by atoms with E-state index in [0.29, 0.717) is 39.8 Å². The number of carbonyl (C=O) groups excluding carboxylic acids is 1. The highest BCUT2D eigenvalue weighted by Crippen LogP contribution is 2.42. The van der Waals surface area contributed by atoms with E-state index in [1.165, 1.54) is 0 Å². The maximum Gasteiger partial charge on any atom is 0.170 e. The average molecular weight is 362 g/mol. The van der Waals surface area contributed by atoms with Crippen molar-refractivity contribution in [3.8, 4) is 0 Å². The summed E-state index contributed by atoms with van der Waals surface area (Å²) in [6.07, 6.45) is 2.83. The molecule has 1 atom stereocenters. The molecule has 1 aromatic heterocycles. The summed E-state index contributed by atoms with van der Waals surface area (Å²) in [5.74, 6) is 0.428. The van der Waals surface area contributed by atoms with Crippen LogP contribution in [0.3, 0.4) is 0 Å². The molecule has 0 radical (unpaired) electrons. The summed E-state index contributed by atoms with van der Waals surface area (Å²) in [4.78, 5) is 17.3. The summed E-state index contributed by atoms with van der Waals surface area (Å²) >= 11 is 12.7. The van der Waals surface area contributed by atoms with Crippen molar-refractivity contribution in [2.24, 2.45) is 5.92 Å². The number of pyridine rings is 1. The van der Waals surface area contributed by atoms with E-state index in [0.717, 1.165) is 11.3 Å². The van der Waals surface area contributed by atoms with Crippen molar-refractivity contribution in [1.82, 2.24) is 4.98 Å². The van der Waals surface area contributed by atoms with Crippen LogP contribution in [0.2, 0.25) is 10.0 Å². The van der Waals surface area contributed by atoms with Gasteiger partial charge in [-0.15, -0.1) is 0 Å². The standard InChI is InChI=1S/C19H17Cl2NO2/c1-11-7-14(20)17(15(21)8-11)18-16(24-2)10-12(19(18)23)9-13-5-3-4-6-22-13/h3-8,12H,9-10H2,1-2H3. The second-order valence-electron chi connectivity index (χ2n) is 5.90. The summed E-state index contributed by atoms with van der Waals surface area (Å²) < 4.78 is 5.48. The Balaban J connectivity index is 1.97. The minimum Gasteiger partial charge on any atom is -0.500 e. The summed E-state index contributed by atoms with van der Waals surface area (Å²) in [5.41, 5.74) is 2.89. The van der Waals surface area contributed by atoms with E-state index in [4.69, 9.17) is 27.9 Å². The van der Waals surface area contributed by atoms with Crippen LogP contribution in [0, 0.1) is 12.8 Å². The molecule has 1 aromatic carbocycles. The van der Waals surface area contributed by atoms with Gasteiger partial charge in [-0.1, -0.05) is 29.3 Å². The Morgan fingerprint density at radius 2 is 1.96 bits per heavy atom. The van der Waals surface area contributed by atoms with Crippen LogP contribution in [0.4, 0.5) is 0 Å². The van der Waals surface area contributed by atoms with Gasteiger partial charge < -0.3 is 4.74 Å². The Morgan fingerprint density at radius 1 is 1.25 bits per heavy atom. The third-order valence-electron chi connectivity index (χ3n) is 4.19. The van der Waals surface area contributed by atoms with Gasteiger partial charge in [0.25, 0.3) is 0 Å². The second kappa shape index (κ2) is 6.96. The fourth-order valence-electron chi connectivity index (χ4n) is 3.08. The molecule has 0 spiro atoms. The quantitative estimate of drug-likeness (QED) is 0.778. The Labute approximate surface area is 151 Å². The monoisotopic (exact) mass is 361 g/mol. The highest BCUT2D eigenvalue weighted by molar-refractivity contribution is 6.41. The first-order valence-corrected chi connectivity index (χ1v) is 8.44. The van der Waals surface area contributed by atoms with Gasteiger partial charge in [-0.3, -0.25) is 9.78 Å². The molecule has 24 heavy (non-hydrogen) atoms. The Hall–Kier alpha value is -1.84. The zero-order valence-corrected chi connectivity index (χ0v) is 15.0. The number of rotatable bonds is 4. The van der Waals surface area contributed by atoms with Crippen LogP contribution in [0.5, 0.6) is 0 Å². The van der Waals surface area contributed by atoms with Gasteiger partial charge in [0.05, 0.1) is 22.7 Å². The van der Waals surface area contributed by atoms with Crippen molar-refractivity contribution in [3.63, 3.8) is 0 Å². The summed E-state index contributed by atoms with van der Waals surface area (Å²) in [6, 6.07) is 9.31. The number of ether oxygens (including phenoxy) is 1. The lowest BCUT2D eigenvalue weighted by atomic mass is 9.94. The lowest BCUT2D eigenvalue weighted by Gasteiger charge is -2.11. The number of hydrogen-bond acceptors (Lipinski definition) is 3. The maximum absolute atomic E-state index is 13.0. The molecule has 124 valence electrons. The molecule has 1 heterocycles. The van der Waals surface area contributed by atoms with Crippen LogP contribution in [0.25, 0.3) is 5.57 Å². The molecule has 1 unspecified atom stereocenters. The lowest BCUT2D eigenvalue weighted by Crippen LogP contribution is -2.14. The SMILES string of the molecule is COC1=C(c2c(Cl)cc(C)cc2Cl)C(=O)C(Cc2ccccn2)C1. The number of nitrogens with zero attached hydrogens (tertiary/aromatic N) is 1. The molecule has 0 saturated carbocycles. The maximum atomic E-state index is 13.0. The second-order valence-corrected chi connectivity index (χ2v) is 6.71. The Morgan fingerprint density at radius 3 is 2.54 bits per heavy atom. The first kappa shape index (κ1) is 17.0. The van der Waals surface area contributed by atoms with Crippen LogP contribution in [-0.4, -0.2) is 17.9 Å². The number of carbonyl (C=O) groups is 1. The summed E-state index contributed by atoms with van der Waals surface area (Å²) in [6.45, 7) is 1.91. The predicted octanol–water partition coefficient (Wildman–Crippen LogP) is 4.89. The van der Waals surface area contributed by atoms with Crippen LogP contribution < -0.4 is 0 Å². The molecule has 2 aromatic rings. The first-order chi connectivity index (χ1) is 11.5. The molecule has 3 nitrogen and oxygen atoms in total. The molecule has 1 aliphatic rings. The molecule has 3 rings (SSSR count). The van der Waals surface area contributed by atoms with Gasteiger partial charge in [-0.25, -0.2) is 0 Å². The van der Waals surface area contributed by atoms with E-state index in [1.807, 2.05) is 37.3 Å². The molecule has 0 amide bonds. The number of ketones is 1. The van der Waals surface area contributed by atoms with Gasteiger partial charge in [-0.05, 0) is 36.8 Å². The first-order valence-electron chi connectivity index (χ1n) is 7.68. The van der Waals surface area contributed by atoms with Crippen molar-refractivity contribution in [1.29, 1.82) is 0 Å². The minimum absolute atomic E-state index is 0.00477. The third-order valence-corrected chi connectivity index (χ3v) is 4.79. The van der Waals surface area contributed by atoms with E-state index in [-0.39, 0.29) is 11.7 Å². The molecule has 0 fully saturated rings. The third kappa shape index (κ3) is 3.19. The number of halogens is 2.